The lowest BCUT2D eigenvalue weighted by Crippen LogP contribution is -2.13. The summed E-state index contributed by atoms with van der Waals surface area (Å²) in [5.41, 5.74) is 4.85. The van der Waals surface area contributed by atoms with Crippen molar-refractivity contribution in [1.29, 1.82) is 5.26 Å². The number of nitrogens with two attached hydrogens (primary N) is 1. The number of anilines is 1. The average Bonchev–Trinajstić information content (AvgIpc) is 2.84. The van der Waals surface area contributed by atoms with Gasteiger partial charge in [0, 0.05) is 6.20 Å². The molecule has 9 heteroatoms. The number of ether oxygens (including phenoxy) is 2. The molecule has 2 N–H and O–H groups in total. The number of hydrogen-bond acceptors (Lipinski definition) is 5. The van der Waals surface area contributed by atoms with E-state index >= 15 is 0 Å². The molecule has 1 aromatic heterocycles. The number of esters is 1. The van der Waals surface area contributed by atoms with E-state index in [1.54, 1.807) is 6.07 Å². The number of methoxy groups -OCH3 is 1. The van der Waals surface area contributed by atoms with E-state index in [0.29, 0.717) is 0 Å². The first-order valence-corrected chi connectivity index (χ1v) is 6.13. The van der Waals surface area contributed by atoms with Crippen LogP contribution < -0.4 is 10.5 Å². The van der Waals surface area contributed by atoms with E-state index in [2.05, 4.69) is 9.47 Å². The van der Waals surface area contributed by atoms with E-state index < -0.39 is 24.1 Å². The molecule has 0 fully saturated rings. The predicted molar refractivity (Wildman–Crippen MR) is 72.8 cm³/mol. The maximum Gasteiger partial charge on any atom is 0.387 e. The molecule has 6 nitrogen and oxygen atoms in total. The first kappa shape index (κ1) is 16.2. The van der Waals surface area contributed by atoms with Crippen LogP contribution in [-0.4, -0.2) is 24.3 Å². The number of carbonyl (C=O) groups is 1. The summed E-state index contributed by atoms with van der Waals surface area (Å²) in [5.74, 6) is -2.77. The van der Waals surface area contributed by atoms with Crippen LogP contribution in [0.3, 0.4) is 0 Å². The number of nitrogen functional groups attached to an aromatic ring is 1. The standard InChI is InChI=1S/C14H10F3N3O3/c1-22-13(21)11-10(19)7(5-18)6-20(11)9-4-2-3-8(15)12(9)23-14(16)17/h2-4,6,14H,19H2,1H3. The van der Waals surface area contributed by atoms with Gasteiger partial charge in [0.1, 0.15) is 6.07 Å². The topological polar surface area (TPSA) is 90.3 Å². The number of benzene rings is 1. The Morgan fingerprint density at radius 3 is 2.70 bits per heavy atom. The average molecular weight is 325 g/mol. The Morgan fingerprint density at radius 2 is 2.13 bits per heavy atom. The smallest absolute Gasteiger partial charge is 0.387 e. The molecule has 0 aliphatic carbocycles. The third kappa shape index (κ3) is 2.91. The largest absolute Gasteiger partial charge is 0.464 e. The predicted octanol–water partition coefficient (Wildman–Crippen LogP) is 2.46. The molecule has 0 bridgehead atoms. The Labute approximate surface area is 128 Å². The SMILES string of the molecule is COC(=O)c1c(N)c(C#N)cn1-c1cccc(F)c1OC(F)F. The number of aromatic nitrogens is 1. The Hall–Kier alpha value is -3.15. The van der Waals surface area contributed by atoms with Gasteiger partial charge < -0.3 is 19.8 Å². The number of carbonyl (C=O) groups excluding carboxylic acids is 1. The molecular weight excluding hydrogens is 315 g/mol. The molecule has 23 heavy (non-hydrogen) atoms. The molecule has 1 heterocycles. The highest BCUT2D eigenvalue weighted by molar-refractivity contribution is 5.96. The van der Waals surface area contributed by atoms with Crippen molar-refractivity contribution in [2.45, 2.75) is 6.61 Å². The summed E-state index contributed by atoms with van der Waals surface area (Å²) in [7, 11) is 1.08. The van der Waals surface area contributed by atoms with E-state index in [1.807, 2.05) is 0 Å². The van der Waals surface area contributed by atoms with Gasteiger partial charge in [-0.3, -0.25) is 0 Å². The van der Waals surface area contributed by atoms with Crippen molar-refractivity contribution in [3.05, 3.63) is 41.5 Å². The number of rotatable bonds is 4. The highest BCUT2D eigenvalue weighted by atomic mass is 19.3. The second kappa shape index (κ2) is 6.31. The van der Waals surface area contributed by atoms with Crippen molar-refractivity contribution in [2.24, 2.45) is 0 Å². The van der Waals surface area contributed by atoms with Crippen molar-refractivity contribution in [1.82, 2.24) is 4.57 Å². The summed E-state index contributed by atoms with van der Waals surface area (Å²) in [4.78, 5) is 11.9. The van der Waals surface area contributed by atoms with Crippen LogP contribution in [0.5, 0.6) is 5.75 Å². The Kier molecular flexibility index (Phi) is 4.45. The van der Waals surface area contributed by atoms with Crippen molar-refractivity contribution in [3.8, 4) is 17.5 Å². The zero-order valence-electron chi connectivity index (χ0n) is 11.7. The second-order valence-electron chi connectivity index (χ2n) is 4.25. The van der Waals surface area contributed by atoms with Gasteiger partial charge in [-0.1, -0.05) is 6.07 Å². The van der Waals surface area contributed by atoms with Gasteiger partial charge in [-0.2, -0.15) is 14.0 Å². The quantitative estimate of drug-likeness (QED) is 0.872. The molecule has 0 aliphatic heterocycles. The van der Waals surface area contributed by atoms with Crippen LogP contribution >= 0.6 is 0 Å². The zero-order valence-corrected chi connectivity index (χ0v) is 11.7. The van der Waals surface area contributed by atoms with Crippen LogP contribution in [-0.2, 0) is 4.74 Å². The number of hydrogen-bond donors (Lipinski definition) is 1. The van der Waals surface area contributed by atoms with E-state index in [4.69, 9.17) is 11.0 Å². The lowest BCUT2D eigenvalue weighted by Gasteiger charge is -2.14. The number of nitrogens with zero attached hydrogens (tertiary/aromatic N) is 2. The van der Waals surface area contributed by atoms with Crippen LogP contribution in [0.25, 0.3) is 5.69 Å². The van der Waals surface area contributed by atoms with Crippen LogP contribution in [0.4, 0.5) is 18.9 Å². The summed E-state index contributed by atoms with van der Waals surface area (Å²) >= 11 is 0. The molecule has 1 aromatic carbocycles. The van der Waals surface area contributed by atoms with Crippen LogP contribution in [0.15, 0.2) is 24.4 Å². The van der Waals surface area contributed by atoms with Gasteiger partial charge in [-0.25, -0.2) is 9.18 Å². The minimum absolute atomic E-state index is 0.0994. The number of alkyl halides is 2. The van der Waals surface area contributed by atoms with E-state index in [-0.39, 0.29) is 22.6 Å². The third-order valence-corrected chi connectivity index (χ3v) is 2.96. The van der Waals surface area contributed by atoms with E-state index in [9.17, 15) is 18.0 Å². The number of halogens is 3. The van der Waals surface area contributed by atoms with Gasteiger partial charge in [-0.15, -0.1) is 0 Å². The Bertz CT molecular complexity index is 797. The van der Waals surface area contributed by atoms with Gasteiger partial charge in [0.05, 0.1) is 24.0 Å². The maximum absolute atomic E-state index is 13.8. The first-order chi connectivity index (χ1) is 10.9. The molecular formula is C14H10F3N3O3. The molecule has 0 spiro atoms. The number of nitriles is 1. The lowest BCUT2D eigenvalue weighted by molar-refractivity contribution is -0.0521. The first-order valence-electron chi connectivity index (χ1n) is 6.13. The molecule has 0 radical (unpaired) electrons. The molecule has 120 valence electrons. The van der Waals surface area contributed by atoms with E-state index in [1.165, 1.54) is 12.1 Å². The van der Waals surface area contributed by atoms with Crippen LogP contribution in [0, 0.1) is 17.1 Å². The summed E-state index contributed by atoms with van der Waals surface area (Å²) in [6.45, 7) is -3.28. The lowest BCUT2D eigenvalue weighted by atomic mass is 10.2. The summed E-state index contributed by atoms with van der Waals surface area (Å²) in [6.07, 6.45) is 1.11. The summed E-state index contributed by atoms with van der Waals surface area (Å²) < 4.78 is 48.5. The van der Waals surface area contributed by atoms with Crippen molar-refractivity contribution in [2.75, 3.05) is 12.8 Å². The minimum atomic E-state index is -3.28. The fraction of sp³-hybridized carbons (Fsp3) is 0.143. The molecule has 0 aliphatic rings. The highest BCUT2D eigenvalue weighted by Crippen LogP contribution is 2.32. The van der Waals surface area contributed by atoms with Gasteiger partial charge in [0.15, 0.2) is 17.3 Å². The minimum Gasteiger partial charge on any atom is -0.464 e. The molecule has 0 saturated heterocycles. The van der Waals surface area contributed by atoms with Crippen LogP contribution in [0.2, 0.25) is 0 Å². The summed E-state index contributed by atoms with van der Waals surface area (Å²) in [6, 6.07) is 5.12. The third-order valence-electron chi connectivity index (χ3n) is 2.96. The van der Waals surface area contributed by atoms with Crippen molar-refractivity contribution >= 4 is 11.7 Å². The molecule has 0 unspecified atom stereocenters. The highest BCUT2D eigenvalue weighted by Gasteiger charge is 2.25. The molecule has 0 amide bonds. The normalized spacial score (nSPS) is 10.4. The zero-order chi connectivity index (χ0) is 17.1. The molecule has 2 rings (SSSR count). The van der Waals surface area contributed by atoms with Crippen molar-refractivity contribution < 1.29 is 27.4 Å². The number of para-hydroxylation sites is 1. The second-order valence-corrected chi connectivity index (χ2v) is 4.25. The molecule has 2 aromatic rings. The fourth-order valence-electron chi connectivity index (χ4n) is 2.00. The van der Waals surface area contributed by atoms with Crippen molar-refractivity contribution in [3.63, 3.8) is 0 Å². The van der Waals surface area contributed by atoms with Gasteiger partial charge in [-0.05, 0) is 12.1 Å². The van der Waals surface area contributed by atoms with Gasteiger partial charge in [0.25, 0.3) is 0 Å². The van der Waals surface area contributed by atoms with Gasteiger partial charge >= 0.3 is 12.6 Å². The fourth-order valence-corrected chi connectivity index (χ4v) is 2.00. The summed E-state index contributed by atoms with van der Waals surface area (Å²) in [5, 5.41) is 9.01. The Balaban J connectivity index is 2.75. The monoisotopic (exact) mass is 325 g/mol. The molecule has 0 saturated carbocycles. The maximum atomic E-state index is 13.8. The van der Waals surface area contributed by atoms with Crippen LogP contribution in [0.1, 0.15) is 16.1 Å². The molecule has 0 atom stereocenters. The Morgan fingerprint density at radius 1 is 1.43 bits per heavy atom. The van der Waals surface area contributed by atoms with Gasteiger partial charge in [0.2, 0.25) is 0 Å². The van der Waals surface area contributed by atoms with E-state index in [0.717, 1.165) is 23.9 Å².